The van der Waals surface area contributed by atoms with E-state index in [9.17, 15) is 4.79 Å². The minimum Gasteiger partial charge on any atom is -0.375 e. The Morgan fingerprint density at radius 3 is 3.08 bits per heavy atom. The quantitative estimate of drug-likeness (QED) is 0.552. The van der Waals surface area contributed by atoms with Gasteiger partial charge in [-0.1, -0.05) is 6.42 Å². The maximum atomic E-state index is 11.6. The van der Waals surface area contributed by atoms with E-state index in [1.165, 1.54) is 6.42 Å². The molecule has 0 aromatic carbocycles. The summed E-state index contributed by atoms with van der Waals surface area (Å²) in [6.45, 7) is 2.07. The summed E-state index contributed by atoms with van der Waals surface area (Å²) in [7, 11) is 0. The van der Waals surface area contributed by atoms with Gasteiger partial charge in [0.25, 0.3) is 0 Å². The van der Waals surface area contributed by atoms with Gasteiger partial charge in [-0.25, -0.2) is 0 Å². The summed E-state index contributed by atoms with van der Waals surface area (Å²) in [5.74, 6) is 0.685. The smallest absolute Gasteiger partial charge is 0.138 e. The standard InChI is InChI=1S/C10H16O2/c1-7-6-8-9(11)4-2-3-5-10(8)12-7/h7-8,10H,2-6H2,1H3/t7-,8-,10+/m0/s1. The lowest BCUT2D eigenvalue weighted by molar-refractivity contribution is -0.123. The molecule has 0 unspecified atom stereocenters. The Morgan fingerprint density at radius 1 is 1.42 bits per heavy atom. The number of rotatable bonds is 0. The zero-order valence-corrected chi connectivity index (χ0v) is 7.58. The summed E-state index contributed by atoms with van der Waals surface area (Å²) >= 11 is 0. The van der Waals surface area contributed by atoms with Crippen LogP contribution in [0, 0.1) is 5.92 Å². The van der Waals surface area contributed by atoms with Crippen LogP contribution in [0.5, 0.6) is 0 Å². The zero-order chi connectivity index (χ0) is 8.55. The highest BCUT2D eigenvalue weighted by Gasteiger charge is 2.38. The number of carbonyl (C=O) groups excluding carboxylic acids is 1. The molecule has 0 N–H and O–H groups in total. The van der Waals surface area contributed by atoms with Crippen LogP contribution < -0.4 is 0 Å². The van der Waals surface area contributed by atoms with Gasteiger partial charge in [0.05, 0.1) is 12.2 Å². The van der Waals surface area contributed by atoms with Gasteiger partial charge in [-0.2, -0.15) is 0 Å². The molecule has 2 fully saturated rings. The molecule has 2 aliphatic rings. The minimum absolute atomic E-state index is 0.238. The van der Waals surface area contributed by atoms with Crippen molar-refractivity contribution in [3.05, 3.63) is 0 Å². The van der Waals surface area contributed by atoms with Crippen molar-refractivity contribution in [3.63, 3.8) is 0 Å². The van der Waals surface area contributed by atoms with E-state index in [2.05, 4.69) is 6.92 Å². The molecule has 0 aromatic heterocycles. The third-order valence-corrected chi connectivity index (χ3v) is 3.02. The zero-order valence-electron chi connectivity index (χ0n) is 7.58. The van der Waals surface area contributed by atoms with E-state index in [1.54, 1.807) is 0 Å². The van der Waals surface area contributed by atoms with Gasteiger partial charge in [0.1, 0.15) is 5.78 Å². The van der Waals surface area contributed by atoms with E-state index >= 15 is 0 Å². The van der Waals surface area contributed by atoms with Crippen molar-refractivity contribution < 1.29 is 9.53 Å². The van der Waals surface area contributed by atoms with Gasteiger partial charge < -0.3 is 4.74 Å². The summed E-state index contributed by atoms with van der Waals surface area (Å²) in [6.07, 6.45) is 5.65. The topological polar surface area (TPSA) is 26.3 Å². The van der Waals surface area contributed by atoms with Gasteiger partial charge in [-0.15, -0.1) is 0 Å². The molecule has 0 bridgehead atoms. The van der Waals surface area contributed by atoms with Crippen molar-refractivity contribution in [2.24, 2.45) is 5.92 Å². The molecular formula is C10H16O2. The van der Waals surface area contributed by atoms with Gasteiger partial charge in [0, 0.05) is 12.3 Å². The van der Waals surface area contributed by atoms with E-state index in [-0.39, 0.29) is 12.0 Å². The second-order valence-electron chi connectivity index (χ2n) is 4.04. The van der Waals surface area contributed by atoms with Crippen molar-refractivity contribution in [2.45, 2.75) is 51.2 Å². The predicted molar refractivity (Wildman–Crippen MR) is 45.9 cm³/mol. The normalized spacial score (nSPS) is 42.4. The van der Waals surface area contributed by atoms with Crippen molar-refractivity contribution in [2.75, 3.05) is 0 Å². The monoisotopic (exact) mass is 168 g/mol. The first-order valence-corrected chi connectivity index (χ1v) is 4.95. The van der Waals surface area contributed by atoms with E-state index in [1.807, 2.05) is 0 Å². The molecular weight excluding hydrogens is 152 g/mol. The van der Waals surface area contributed by atoms with Crippen LogP contribution in [-0.4, -0.2) is 18.0 Å². The highest BCUT2D eigenvalue weighted by Crippen LogP contribution is 2.33. The van der Waals surface area contributed by atoms with Crippen molar-refractivity contribution >= 4 is 5.78 Å². The summed E-state index contributed by atoms with van der Waals surface area (Å²) < 4.78 is 5.69. The fourth-order valence-electron chi connectivity index (χ4n) is 2.40. The predicted octanol–water partition coefficient (Wildman–Crippen LogP) is 1.92. The van der Waals surface area contributed by atoms with Gasteiger partial charge >= 0.3 is 0 Å². The fraction of sp³-hybridized carbons (Fsp3) is 0.900. The molecule has 2 heteroatoms. The van der Waals surface area contributed by atoms with Crippen molar-refractivity contribution in [3.8, 4) is 0 Å². The highest BCUT2D eigenvalue weighted by molar-refractivity contribution is 5.82. The van der Waals surface area contributed by atoms with Crippen LogP contribution in [0.4, 0.5) is 0 Å². The Balaban J connectivity index is 2.09. The summed E-state index contributed by atoms with van der Waals surface area (Å²) in [6, 6.07) is 0. The summed E-state index contributed by atoms with van der Waals surface area (Å²) in [5, 5.41) is 0. The van der Waals surface area contributed by atoms with Crippen LogP contribution in [-0.2, 0) is 9.53 Å². The lowest BCUT2D eigenvalue weighted by Gasteiger charge is -2.12. The molecule has 1 heterocycles. The molecule has 1 saturated heterocycles. The van der Waals surface area contributed by atoms with E-state index < -0.39 is 0 Å². The van der Waals surface area contributed by atoms with Crippen molar-refractivity contribution in [1.29, 1.82) is 0 Å². The first kappa shape index (κ1) is 8.24. The minimum atomic E-state index is 0.238. The van der Waals surface area contributed by atoms with Crippen LogP contribution in [0.3, 0.4) is 0 Å². The van der Waals surface area contributed by atoms with Crippen LogP contribution in [0.25, 0.3) is 0 Å². The molecule has 12 heavy (non-hydrogen) atoms. The SMILES string of the molecule is C[C@H]1C[C@H]2C(=O)CCCC[C@H]2O1. The Bertz CT molecular complexity index is 188. The number of hydrogen-bond donors (Lipinski definition) is 0. The molecule has 3 atom stereocenters. The molecule has 0 radical (unpaired) electrons. The number of fused-ring (bicyclic) bond motifs is 1. The molecule has 0 spiro atoms. The molecule has 2 rings (SSSR count). The fourth-order valence-corrected chi connectivity index (χ4v) is 2.40. The Morgan fingerprint density at radius 2 is 2.25 bits per heavy atom. The average Bonchev–Trinajstić information content (AvgIpc) is 2.33. The number of ether oxygens (including phenoxy) is 1. The number of carbonyl (C=O) groups is 1. The molecule has 1 aliphatic carbocycles. The average molecular weight is 168 g/mol. The Hall–Kier alpha value is -0.370. The lowest BCUT2D eigenvalue weighted by Crippen LogP contribution is -2.21. The van der Waals surface area contributed by atoms with Crippen molar-refractivity contribution in [1.82, 2.24) is 0 Å². The third-order valence-electron chi connectivity index (χ3n) is 3.02. The Kier molecular flexibility index (Phi) is 2.18. The molecule has 1 aliphatic heterocycles. The molecule has 68 valence electrons. The molecule has 0 aromatic rings. The second kappa shape index (κ2) is 3.17. The number of Topliss-reactive ketones (excluding diaryl/α,β-unsaturated/α-hetero) is 1. The molecule has 2 nitrogen and oxygen atoms in total. The van der Waals surface area contributed by atoms with E-state index in [4.69, 9.17) is 4.74 Å². The third kappa shape index (κ3) is 1.40. The Labute approximate surface area is 73.3 Å². The summed E-state index contributed by atoms with van der Waals surface area (Å²) in [4.78, 5) is 11.6. The van der Waals surface area contributed by atoms with Crippen LogP contribution in [0.15, 0.2) is 0 Å². The first-order valence-electron chi connectivity index (χ1n) is 4.95. The number of hydrogen-bond acceptors (Lipinski definition) is 2. The molecule has 0 amide bonds. The van der Waals surface area contributed by atoms with Crippen LogP contribution in [0.2, 0.25) is 0 Å². The molecule has 1 saturated carbocycles. The van der Waals surface area contributed by atoms with Crippen LogP contribution >= 0.6 is 0 Å². The van der Waals surface area contributed by atoms with Gasteiger partial charge in [-0.05, 0) is 26.2 Å². The second-order valence-corrected chi connectivity index (χ2v) is 4.04. The maximum absolute atomic E-state index is 11.6. The van der Waals surface area contributed by atoms with Crippen LogP contribution in [0.1, 0.15) is 39.0 Å². The highest BCUT2D eigenvalue weighted by atomic mass is 16.5. The maximum Gasteiger partial charge on any atom is 0.138 e. The summed E-state index contributed by atoms with van der Waals surface area (Å²) in [5.41, 5.74) is 0. The van der Waals surface area contributed by atoms with Gasteiger partial charge in [0.15, 0.2) is 0 Å². The number of ketones is 1. The largest absolute Gasteiger partial charge is 0.375 e. The van der Waals surface area contributed by atoms with Gasteiger partial charge in [-0.3, -0.25) is 4.79 Å². The van der Waals surface area contributed by atoms with E-state index in [0.717, 1.165) is 25.7 Å². The lowest BCUT2D eigenvalue weighted by atomic mass is 9.94. The first-order chi connectivity index (χ1) is 5.77. The van der Waals surface area contributed by atoms with E-state index in [0.29, 0.717) is 11.9 Å². The van der Waals surface area contributed by atoms with Gasteiger partial charge in [0.2, 0.25) is 0 Å².